The first-order chi connectivity index (χ1) is 7.77. The topological polar surface area (TPSA) is 47.9 Å². The summed E-state index contributed by atoms with van der Waals surface area (Å²) >= 11 is 6.15. The van der Waals surface area contributed by atoms with Gasteiger partial charge in [-0.15, -0.1) is 0 Å². The SMILES string of the molecule is COc1cc2c(c(CCO)c1Cl)OCCO2. The molecular formula is C11H13ClO4. The van der Waals surface area contributed by atoms with E-state index < -0.39 is 0 Å². The third-order valence-corrected chi connectivity index (χ3v) is 2.82. The van der Waals surface area contributed by atoms with Crippen LogP contribution in [-0.4, -0.2) is 32.0 Å². The van der Waals surface area contributed by atoms with Gasteiger partial charge in [0.2, 0.25) is 0 Å². The zero-order valence-electron chi connectivity index (χ0n) is 8.96. The lowest BCUT2D eigenvalue weighted by atomic mass is 10.1. The minimum absolute atomic E-state index is 0.00267. The number of methoxy groups -OCH3 is 1. The lowest BCUT2D eigenvalue weighted by molar-refractivity contribution is 0.168. The second-order valence-electron chi connectivity index (χ2n) is 3.37. The van der Waals surface area contributed by atoms with Crippen LogP contribution in [-0.2, 0) is 6.42 Å². The van der Waals surface area contributed by atoms with Crippen molar-refractivity contribution in [1.82, 2.24) is 0 Å². The van der Waals surface area contributed by atoms with E-state index in [2.05, 4.69) is 0 Å². The first-order valence-corrected chi connectivity index (χ1v) is 5.41. The summed E-state index contributed by atoms with van der Waals surface area (Å²) in [4.78, 5) is 0. The van der Waals surface area contributed by atoms with Crippen LogP contribution in [0.25, 0.3) is 0 Å². The molecule has 1 aromatic carbocycles. The van der Waals surface area contributed by atoms with Gasteiger partial charge in [-0.1, -0.05) is 11.6 Å². The van der Waals surface area contributed by atoms with Crippen molar-refractivity contribution in [3.8, 4) is 17.2 Å². The zero-order chi connectivity index (χ0) is 11.5. The average Bonchev–Trinajstić information content (AvgIpc) is 2.32. The van der Waals surface area contributed by atoms with E-state index in [-0.39, 0.29) is 6.61 Å². The molecule has 0 bridgehead atoms. The Hall–Kier alpha value is -1.13. The molecule has 0 aliphatic carbocycles. The van der Waals surface area contributed by atoms with E-state index in [0.29, 0.717) is 41.9 Å². The maximum absolute atomic E-state index is 9.01. The summed E-state index contributed by atoms with van der Waals surface area (Å²) < 4.78 is 16.1. The number of aliphatic hydroxyl groups is 1. The number of hydrogen-bond acceptors (Lipinski definition) is 4. The summed E-state index contributed by atoms with van der Waals surface area (Å²) in [6, 6.07) is 1.71. The van der Waals surface area contributed by atoms with E-state index in [1.165, 1.54) is 0 Å². The molecule has 16 heavy (non-hydrogen) atoms. The van der Waals surface area contributed by atoms with Gasteiger partial charge >= 0.3 is 0 Å². The number of hydrogen-bond donors (Lipinski definition) is 1. The highest BCUT2D eigenvalue weighted by molar-refractivity contribution is 6.33. The number of benzene rings is 1. The largest absolute Gasteiger partial charge is 0.495 e. The van der Waals surface area contributed by atoms with Crippen LogP contribution in [0.3, 0.4) is 0 Å². The number of rotatable bonds is 3. The van der Waals surface area contributed by atoms with Crippen molar-refractivity contribution >= 4 is 11.6 Å². The van der Waals surface area contributed by atoms with Gasteiger partial charge in [-0.2, -0.15) is 0 Å². The van der Waals surface area contributed by atoms with Gasteiger partial charge < -0.3 is 19.3 Å². The Bertz CT molecular complexity index is 392. The minimum atomic E-state index is 0.00267. The van der Waals surface area contributed by atoms with Crippen LogP contribution in [0, 0.1) is 0 Å². The molecule has 2 rings (SSSR count). The second-order valence-corrected chi connectivity index (χ2v) is 3.75. The fourth-order valence-electron chi connectivity index (χ4n) is 1.69. The predicted molar refractivity (Wildman–Crippen MR) is 59.8 cm³/mol. The number of halogens is 1. The molecule has 1 heterocycles. The molecule has 0 unspecified atom stereocenters. The van der Waals surface area contributed by atoms with Gasteiger partial charge in [0.25, 0.3) is 0 Å². The highest BCUT2D eigenvalue weighted by Crippen LogP contribution is 2.43. The molecule has 4 nitrogen and oxygen atoms in total. The molecule has 5 heteroatoms. The van der Waals surface area contributed by atoms with Gasteiger partial charge in [0, 0.05) is 24.7 Å². The smallest absolute Gasteiger partial charge is 0.166 e. The molecule has 0 amide bonds. The van der Waals surface area contributed by atoms with Crippen LogP contribution >= 0.6 is 11.6 Å². The van der Waals surface area contributed by atoms with Crippen LogP contribution < -0.4 is 14.2 Å². The third-order valence-electron chi connectivity index (χ3n) is 2.41. The first-order valence-electron chi connectivity index (χ1n) is 5.03. The Morgan fingerprint density at radius 1 is 1.44 bits per heavy atom. The lowest BCUT2D eigenvalue weighted by Crippen LogP contribution is -2.17. The molecule has 0 atom stereocenters. The highest BCUT2D eigenvalue weighted by atomic mass is 35.5. The Balaban J connectivity index is 2.52. The quantitative estimate of drug-likeness (QED) is 0.879. The molecule has 88 valence electrons. The summed E-state index contributed by atoms with van der Waals surface area (Å²) in [7, 11) is 1.54. The van der Waals surface area contributed by atoms with E-state index >= 15 is 0 Å². The second kappa shape index (κ2) is 4.80. The Morgan fingerprint density at radius 2 is 2.19 bits per heavy atom. The number of fused-ring (bicyclic) bond motifs is 1. The monoisotopic (exact) mass is 244 g/mol. The minimum Gasteiger partial charge on any atom is -0.495 e. The van der Waals surface area contributed by atoms with Crippen LogP contribution in [0.15, 0.2) is 6.07 Å². The fraction of sp³-hybridized carbons (Fsp3) is 0.455. The lowest BCUT2D eigenvalue weighted by Gasteiger charge is -2.23. The number of aliphatic hydroxyl groups excluding tert-OH is 1. The predicted octanol–water partition coefficient (Wildman–Crippen LogP) is 1.65. The summed E-state index contributed by atoms with van der Waals surface area (Å²) in [5.74, 6) is 1.77. The van der Waals surface area contributed by atoms with E-state index in [1.54, 1.807) is 13.2 Å². The molecule has 1 N–H and O–H groups in total. The van der Waals surface area contributed by atoms with Crippen molar-refractivity contribution in [2.45, 2.75) is 6.42 Å². The van der Waals surface area contributed by atoms with Crippen molar-refractivity contribution < 1.29 is 19.3 Å². The van der Waals surface area contributed by atoms with Gasteiger partial charge in [-0.3, -0.25) is 0 Å². The fourth-order valence-corrected chi connectivity index (χ4v) is 2.00. The molecular weight excluding hydrogens is 232 g/mol. The summed E-state index contributed by atoms with van der Waals surface area (Å²) in [5.41, 5.74) is 0.734. The van der Waals surface area contributed by atoms with E-state index in [4.69, 9.17) is 30.9 Å². The van der Waals surface area contributed by atoms with Crippen molar-refractivity contribution in [3.63, 3.8) is 0 Å². The highest BCUT2D eigenvalue weighted by Gasteiger charge is 2.22. The van der Waals surface area contributed by atoms with Crippen molar-refractivity contribution in [2.24, 2.45) is 0 Å². The van der Waals surface area contributed by atoms with E-state index in [9.17, 15) is 0 Å². The molecule has 0 radical (unpaired) electrons. The standard InChI is InChI=1S/C11H13ClO4/c1-14-8-6-9-11(16-5-4-15-9)7(2-3-13)10(8)12/h6,13H,2-5H2,1H3. The summed E-state index contributed by atoms with van der Waals surface area (Å²) in [6.45, 7) is 1.01. The first kappa shape index (κ1) is 11.4. The van der Waals surface area contributed by atoms with Gasteiger partial charge in [0.1, 0.15) is 19.0 Å². The van der Waals surface area contributed by atoms with Crippen LogP contribution in [0.5, 0.6) is 17.2 Å². The van der Waals surface area contributed by atoms with Gasteiger partial charge in [0.15, 0.2) is 11.5 Å². The van der Waals surface area contributed by atoms with Crippen LogP contribution in [0.1, 0.15) is 5.56 Å². The van der Waals surface area contributed by atoms with Gasteiger partial charge in [0.05, 0.1) is 12.1 Å². The third kappa shape index (κ3) is 1.90. The Kier molecular flexibility index (Phi) is 3.41. The maximum Gasteiger partial charge on any atom is 0.166 e. The molecule has 0 spiro atoms. The van der Waals surface area contributed by atoms with Crippen LogP contribution in [0.4, 0.5) is 0 Å². The molecule has 1 aromatic rings. The van der Waals surface area contributed by atoms with Gasteiger partial charge in [-0.25, -0.2) is 0 Å². The summed E-state index contributed by atoms with van der Waals surface area (Å²) in [6.07, 6.45) is 0.418. The summed E-state index contributed by atoms with van der Waals surface area (Å²) in [5, 5.41) is 9.49. The Morgan fingerprint density at radius 3 is 2.88 bits per heavy atom. The van der Waals surface area contributed by atoms with Crippen LogP contribution in [0.2, 0.25) is 5.02 Å². The van der Waals surface area contributed by atoms with E-state index in [1.807, 2.05) is 0 Å². The molecule has 0 saturated heterocycles. The average molecular weight is 245 g/mol. The van der Waals surface area contributed by atoms with Crippen molar-refractivity contribution in [3.05, 3.63) is 16.7 Å². The molecule has 0 fully saturated rings. The van der Waals surface area contributed by atoms with Crippen molar-refractivity contribution in [1.29, 1.82) is 0 Å². The zero-order valence-corrected chi connectivity index (χ0v) is 9.71. The van der Waals surface area contributed by atoms with Gasteiger partial charge in [-0.05, 0) is 0 Å². The molecule has 0 aromatic heterocycles. The molecule has 1 aliphatic heterocycles. The molecule has 0 saturated carbocycles. The molecule has 1 aliphatic rings. The number of ether oxygens (including phenoxy) is 3. The van der Waals surface area contributed by atoms with E-state index in [0.717, 1.165) is 5.56 Å². The van der Waals surface area contributed by atoms with Crippen molar-refractivity contribution in [2.75, 3.05) is 26.9 Å². The normalized spacial score (nSPS) is 13.7. The Labute approximate surface area is 98.7 Å². The maximum atomic E-state index is 9.01.